The van der Waals surface area contributed by atoms with Gasteiger partial charge in [0.05, 0.1) is 21.4 Å². The minimum Gasteiger partial charge on any atom is -0.538 e. The average molecular weight is 789 g/mol. The highest BCUT2D eigenvalue weighted by Gasteiger charge is 2.38. The first-order valence-corrected chi connectivity index (χ1v) is 12.5. The van der Waals surface area contributed by atoms with E-state index in [0.717, 1.165) is 0 Å². The molecule has 30 heavy (non-hydrogen) atoms. The lowest BCUT2D eigenvalue weighted by Crippen LogP contribution is -2.28. The number of benzene rings is 1. The highest BCUT2D eigenvalue weighted by Crippen LogP contribution is 2.33. The normalized spacial score (nSPS) is 12.4. The number of sulfonamides is 1. The van der Waals surface area contributed by atoms with Crippen LogP contribution < -0.4 is 5.32 Å². The van der Waals surface area contributed by atoms with Crippen molar-refractivity contribution in [3.05, 3.63) is 27.1 Å². The molecule has 15 heteroatoms. The maximum Gasteiger partial charge on any atom is 0.480 e. The van der Waals surface area contributed by atoms with Crippen molar-refractivity contribution in [3.63, 3.8) is 0 Å². The molecule has 1 amide bonds. The van der Waals surface area contributed by atoms with Crippen molar-refractivity contribution in [1.29, 1.82) is 0 Å². The van der Waals surface area contributed by atoms with Crippen molar-refractivity contribution in [1.82, 2.24) is 0 Å². The average Bonchev–Trinajstić information content (AvgIpc) is 2.52. The van der Waals surface area contributed by atoms with Crippen LogP contribution in [0.3, 0.4) is 0 Å². The first-order chi connectivity index (χ1) is 13.5. The molecule has 0 aromatic heterocycles. The van der Waals surface area contributed by atoms with E-state index in [0.29, 0.717) is 16.4 Å². The highest BCUT2D eigenvalue weighted by molar-refractivity contribution is 14.1. The highest BCUT2D eigenvalue weighted by atomic mass is 127. The van der Waals surface area contributed by atoms with Gasteiger partial charge in [0.25, 0.3) is 0 Å². The van der Waals surface area contributed by atoms with Gasteiger partial charge in [0.2, 0.25) is 0 Å². The Bertz CT molecular complexity index is 933. The van der Waals surface area contributed by atoms with Crippen molar-refractivity contribution in [2.75, 3.05) is 18.5 Å². The second-order valence-electron chi connectivity index (χ2n) is 6.44. The van der Waals surface area contributed by atoms with Crippen LogP contribution in [-0.2, 0) is 19.5 Å². The van der Waals surface area contributed by atoms with Crippen LogP contribution in [0.5, 0.6) is 0 Å². The summed E-state index contributed by atoms with van der Waals surface area (Å²) in [4.78, 5) is 24.5. The van der Waals surface area contributed by atoms with E-state index in [4.69, 9.17) is 9.47 Å². The monoisotopic (exact) mass is 789 g/mol. The molecule has 170 valence electrons. The van der Waals surface area contributed by atoms with Gasteiger partial charge in [-0.15, -0.1) is 6.54 Å². The number of esters is 1. The largest absolute Gasteiger partial charge is 0.538 e. The van der Waals surface area contributed by atoms with Gasteiger partial charge in [-0.1, -0.05) is 0 Å². The van der Waals surface area contributed by atoms with E-state index in [-0.39, 0.29) is 5.56 Å². The molecular weight excluding hydrogens is 774 g/mol. The number of rotatable bonds is 6. The molecular formula is C15H15F3I3N2O6S-. The summed E-state index contributed by atoms with van der Waals surface area (Å²) < 4.78 is 72.4. The molecule has 0 saturated carbocycles. The van der Waals surface area contributed by atoms with Crippen molar-refractivity contribution >= 4 is 95.5 Å². The number of nitrogens with zero attached hydrogens (tertiary/aromatic N) is 1. The molecule has 1 aromatic rings. The maximum atomic E-state index is 12.4. The first kappa shape index (κ1) is 27.9. The van der Waals surface area contributed by atoms with Crippen molar-refractivity contribution < 1.29 is 40.7 Å². The van der Waals surface area contributed by atoms with Gasteiger partial charge in [-0.2, -0.15) is 13.2 Å². The zero-order valence-electron chi connectivity index (χ0n) is 15.6. The maximum absolute atomic E-state index is 12.4. The quantitative estimate of drug-likeness (QED) is 0.240. The second-order valence-corrected chi connectivity index (χ2v) is 11.5. The van der Waals surface area contributed by atoms with Crippen LogP contribution in [-0.4, -0.2) is 44.7 Å². The molecule has 1 N–H and O–H groups in total. The fraction of sp³-hybridized carbons (Fsp3) is 0.467. The Kier molecular flexibility index (Phi) is 9.89. The van der Waals surface area contributed by atoms with E-state index in [1.54, 1.807) is 26.8 Å². The summed E-state index contributed by atoms with van der Waals surface area (Å²) in [5.41, 5.74) is -5.91. The third kappa shape index (κ3) is 8.08. The number of carbonyl (C=O) groups is 2. The molecule has 0 aliphatic carbocycles. The zero-order valence-corrected chi connectivity index (χ0v) is 22.9. The lowest BCUT2D eigenvalue weighted by Gasteiger charge is -2.22. The Morgan fingerprint density at radius 2 is 1.70 bits per heavy atom. The topological polar surface area (TPSA) is 113 Å². The predicted octanol–water partition coefficient (Wildman–Crippen LogP) is 5.23. The van der Waals surface area contributed by atoms with Crippen LogP contribution in [0, 0.1) is 10.7 Å². The van der Waals surface area contributed by atoms with Gasteiger partial charge in [0.1, 0.15) is 5.60 Å². The Morgan fingerprint density at radius 3 is 2.20 bits per heavy atom. The van der Waals surface area contributed by atoms with E-state index in [9.17, 15) is 31.2 Å². The molecule has 0 atom stereocenters. The summed E-state index contributed by atoms with van der Waals surface area (Å²) in [7, 11) is -5.65. The number of alkyl halides is 3. The molecule has 0 fully saturated rings. The van der Waals surface area contributed by atoms with E-state index < -0.39 is 46.3 Å². The minimum atomic E-state index is -5.65. The molecule has 0 aliphatic heterocycles. The van der Waals surface area contributed by atoms with Gasteiger partial charge in [0.15, 0.2) is 10.0 Å². The number of amides is 1. The van der Waals surface area contributed by atoms with E-state index >= 15 is 0 Å². The molecule has 0 spiro atoms. The van der Waals surface area contributed by atoms with E-state index in [1.807, 2.05) is 67.8 Å². The van der Waals surface area contributed by atoms with Crippen LogP contribution in [0.1, 0.15) is 31.1 Å². The molecule has 0 heterocycles. The van der Waals surface area contributed by atoms with Crippen molar-refractivity contribution in [3.8, 4) is 0 Å². The number of carbonyl (C=O) groups excluding carboxylic acids is 2. The third-order valence-electron chi connectivity index (χ3n) is 2.88. The van der Waals surface area contributed by atoms with E-state index in [2.05, 4.69) is 10.0 Å². The number of hydrogen-bond acceptors (Lipinski definition) is 6. The van der Waals surface area contributed by atoms with Crippen LogP contribution in [0.15, 0.2) is 6.07 Å². The van der Waals surface area contributed by atoms with Gasteiger partial charge in [-0.05, 0) is 94.6 Å². The summed E-state index contributed by atoms with van der Waals surface area (Å²) in [5.74, 6) is -0.910. The van der Waals surface area contributed by atoms with Crippen LogP contribution in [0.4, 0.5) is 23.7 Å². The summed E-state index contributed by atoms with van der Waals surface area (Å²) in [5, 5.41) is 2.55. The Hall–Kier alpha value is -0.150. The third-order valence-corrected chi connectivity index (χ3v) is 6.77. The van der Waals surface area contributed by atoms with Gasteiger partial charge in [0, 0.05) is 7.14 Å². The Labute approximate surface area is 211 Å². The zero-order chi connectivity index (χ0) is 23.5. The molecule has 0 aliphatic rings. The predicted molar refractivity (Wildman–Crippen MR) is 128 cm³/mol. The summed E-state index contributed by atoms with van der Waals surface area (Å²) in [6, 6.07) is 1.59. The van der Waals surface area contributed by atoms with Crippen molar-refractivity contribution in [2.45, 2.75) is 31.9 Å². The molecule has 1 aromatic carbocycles. The molecule has 0 saturated heterocycles. The van der Waals surface area contributed by atoms with Gasteiger partial charge in [-0.3, -0.25) is 5.32 Å². The fourth-order valence-corrected chi connectivity index (χ4v) is 6.28. The number of halogens is 6. The first-order valence-electron chi connectivity index (χ1n) is 7.81. The smallest absolute Gasteiger partial charge is 0.480 e. The number of nitrogens with one attached hydrogen (secondary N) is 1. The lowest BCUT2D eigenvalue weighted by molar-refractivity contribution is -0.0427. The summed E-state index contributed by atoms with van der Waals surface area (Å²) in [6.07, 6.45) is -0.741. The summed E-state index contributed by atoms with van der Waals surface area (Å²) >= 11 is 5.63. The number of ether oxygens (including phenoxy) is 2. The summed E-state index contributed by atoms with van der Waals surface area (Å²) in [6.45, 7) is 3.49. The number of hydrogen-bond donors (Lipinski definition) is 1. The number of anilines is 1. The van der Waals surface area contributed by atoms with Gasteiger partial charge < -0.3 is 14.2 Å². The Morgan fingerprint density at radius 1 is 1.13 bits per heavy atom. The molecule has 0 unspecified atom stereocenters. The lowest BCUT2D eigenvalue weighted by atomic mass is 10.2. The minimum absolute atomic E-state index is 0.0568. The van der Waals surface area contributed by atoms with Gasteiger partial charge >= 0.3 is 17.6 Å². The van der Waals surface area contributed by atoms with Gasteiger partial charge in [-0.25, -0.2) is 18.0 Å². The standard InChI is InChI=1S/C15H15F3I3N2O6S/c1-14(2,3)29-13(25)23-11-8(20)6-7(19)9(10(11)21)12(24)28-5-4-22-30(26,27)15(16,17)18/h6H,4-5H2,1-3H3,(H,23,25)/q-1. The van der Waals surface area contributed by atoms with Crippen LogP contribution in [0.25, 0.3) is 4.72 Å². The van der Waals surface area contributed by atoms with Crippen LogP contribution in [0.2, 0.25) is 0 Å². The second kappa shape index (κ2) is 10.6. The van der Waals surface area contributed by atoms with E-state index in [1.165, 1.54) is 0 Å². The molecule has 0 bridgehead atoms. The van der Waals surface area contributed by atoms with Crippen molar-refractivity contribution in [2.24, 2.45) is 0 Å². The fourth-order valence-electron chi connectivity index (χ4n) is 1.74. The Balaban J connectivity index is 2.93. The van der Waals surface area contributed by atoms with Crippen LogP contribution >= 0.6 is 67.8 Å². The molecule has 8 nitrogen and oxygen atoms in total. The SMILES string of the molecule is CC(C)(C)OC(=O)Nc1c(I)cc(I)c(C(=O)OCC[N-]S(=O)(=O)C(F)(F)F)c1I. The molecule has 1 rings (SSSR count). The molecule has 0 radical (unpaired) electrons.